The van der Waals surface area contributed by atoms with Crippen molar-refractivity contribution in [3.63, 3.8) is 0 Å². The molecule has 32 heavy (non-hydrogen) atoms. The van der Waals surface area contributed by atoms with Crippen LogP contribution in [-0.4, -0.2) is 44.2 Å². The van der Waals surface area contributed by atoms with Crippen molar-refractivity contribution in [2.45, 2.75) is 38.0 Å². The summed E-state index contributed by atoms with van der Waals surface area (Å²) in [6.07, 6.45) is 1.43. The average molecular weight is 458 g/mol. The van der Waals surface area contributed by atoms with E-state index in [1.54, 1.807) is 16.4 Å². The van der Waals surface area contributed by atoms with Crippen LogP contribution in [-0.2, 0) is 26.0 Å². The molecule has 1 saturated heterocycles. The van der Waals surface area contributed by atoms with E-state index in [9.17, 15) is 18.0 Å². The molecule has 2 atom stereocenters. The lowest BCUT2D eigenvalue weighted by Gasteiger charge is -2.34. The topological polar surface area (TPSA) is 95.6 Å². The second-order valence-electron chi connectivity index (χ2n) is 8.60. The lowest BCUT2D eigenvalue weighted by atomic mass is 9.94. The summed E-state index contributed by atoms with van der Waals surface area (Å²) < 4.78 is 27.4. The third-order valence-corrected chi connectivity index (χ3v) is 7.34. The minimum absolute atomic E-state index is 0.129. The number of amides is 2. The van der Waals surface area contributed by atoms with Gasteiger partial charge >= 0.3 is 0 Å². The normalized spacial score (nSPS) is 19.3. The monoisotopic (exact) mass is 457 g/mol. The van der Waals surface area contributed by atoms with Crippen LogP contribution in [0.4, 0.5) is 5.69 Å². The Hall–Kier alpha value is -2.71. The maximum Gasteiger partial charge on any atom is 0.243 e. The van der Waals surface area contributed by atoms with Gasteiger partial charge in [0, 0.05) is 31.7 Å². The van der Waals surface area contributed by atoms with Crippen LogP contribution in [0.15, 0.2) is 59.5 Å². The number of hydrogen-bond donors (Lipinski definition) is 2. The Labute approximate surface area is 190 Å². The van der Waals surface area contributed by atoms with Gasteiger partial charge in [-0.3, -0.25) is 9.59 Å². The number of nitrogens with zero attached hydrogens (tertiary/aromatic N) is 1. The SMILES string of the molecule is CC1CC(C)CN(S(=O)(=O)c2ccc(NC(=O)CCNC(=O)Cc3ccccc3)cc2)C1. The first-order chi connectivity index (χ1) is 15.2. The molecule has 3 rings (SSSR count). The number of piperidine rings is 1. The number of hydrogen-bond acceptors (Lipinski definition) is 4. The van der Waals surface area contributed by atoms with Crippen LogP contribution < -0.4 is 10.6 Å². The van der Waals surface area contributed by atoms with Crippen LogP contribution in [0, 0.1) is 11.8 Å². The number of nitrogens with one attached hydrogen (secondary N) is 2. The van der Waals surface area contributed by atoms with E-state index in [4.69, 9.17) is 0 Å². The number of carbonyl (C=O) groups is 2. The van der Waals surface area contributed by atoms with Gasteiger partial charge in [0.05, 0.1) is 11.3 Å². The van der Waals surface area contributed by atoms with E-state index in [1.165, 1.54) is 12.1 Å². The van der Waals surface area contributed by atoms with Gasteiger partial charge in [0.25, 0.3) is 0 Å². The fourth-order valence-corrected chi connectivity index (χ4v) is 5.72. The van der Waals surface area contributed by atoms with Crippen LogP contribution in [0.3, 0.4) is 0 Å². The largest absolute Gasteiger partial charge is 0.355 e. The number of anilines is 1. The first-order valence-electron chi connectivity index (χ1n) is 10.9. The predicted octanol–water partition coefficient (Wildman–Crippen LogP) is 3.04. The summed E-state index contributed by atoms with van der Waals surface area (Å²) in [5.74, 6) is 0.278. The minimum Gasteiger partial charge on any atom is -0.355 e. The summed E-state index contributed by atoms with van der Waals surface area (Å²) >= 11 is 0. The highest BCUT2D eigenvalue weighted by Crippen LogP contribution is 2.27. The zero-order valence-electron chi connectivity index (χ0n) is 18.6. The molecule has 172 valence electrons. The first kappa shape index (κ1) is 23.9. The molecule has 2 N–H and O–H groups in total. The molecule has 2 unspecified atom stereocenters. The summed E-state index contributed by atoms with van der Waals surface area (Å²) in [5, 5.41) is 5.47. The predicted molar refractivity (Wildman–Crippen MR) is 125 cm³/mol. The molecule has 2 aromatic rings. The molecule has 7 nitrogen and oxygen atoms in total. The highest BCUT2D eigenvalue weighted by Gasteiger charge is 2.31. The summed E-state index contributed by atoms with van der Waals surface area (Å²) in [6.45, 7) is 5.43. The number of carbonyl (C=O) groups excluding carboxylic acids is 2. The molecule has 1 aliphatic heterocycles. The van der Waals surface area contributed by atoms with Gasteiger partial charge in [0.2, 0.25) is 21.8 Å². The Morgan fingerprint density at radius 3 is 2.19 bits per heavy atom. The maximum atomic E-state index is 12.9. The smallest absolute Gasteiger partial charge is 0.243 e. The Morgan fingerprint density at radius 2 is 1.56 bits per heavy atom. The fraction of sp³-hybridized carbons (Fsp3) is 0.417. The first-order valence-corrected chi connectivity index (χ1v) is 12.4. The molecule has 2 aromatic carbocycles. The van der Waals surface area contributed by atoms with Crippen molar-refractivity contribution in [3.05, 3.63) is 60.2 Å². The lowest BCUT2D eigenvalue weighted by molar-refractivity contribution is -0.120. The molecule has 1 heterocycles. The Morgan fingerprint density at radius 1 is 0.938 bits per heavy atom. The van der Waals surface area contributed by atoms with E-state index in [1.807, 2.05) is 30.3 Å². The second-order valence-corrected chi connectivity index (χ2v) is 10.5. The third-order valence-electron chi connectivity index (χ3n) is 5.49. The molecular weight excluding hydrogens is 426 g/mol. The van der Waals surface area contributed by atoms with Crippen LogP contribution in [0.1, 0.15) is 32.3 Å². The van der Waals surface area contributed by atoms with Crippen molar-refractivity contribution in [3.8, 4) is 0 Å². The molecule has 0 aliphatic carbocycles. The summed E-state index contributed by atoms with van der Waals surface area (Å²) in [5.41, 5.74) is 1.43. The van der Waals surface area contributed by atoms with Crippen molar-refractivity contribution in [1.82, 2.24) is 9.62 Å². The molecule has 8 heteroatoms. The molecule has 0 bridgehead atoms. The Bertz CT molecular complexity index is 1010. The fourth-order valence-electron chi connectivity index (χ4n) is 4.04. The van der Waals surface area contributed by atoms with E-state index < -0.39 is 10.0 Å². The van der Waals surface area contributed by atoms with Gasteiger partial charge in [-0.05, 0) is 48.1 Å². The van der Waals surface area contributed by atoms with Crippen molar-refractivity contribution < 1.29 is 18.0 Å². The van der Waals surface area contributed by atoms with Gasteiger partial charge < -0.3 is 10.6 Å². The molecule has 0 aromatic heterocycles. The molecule has 0 saturated carbocycles. The van der Waals surface area contributed by atoms with Gasteiger partial charge in [-0.1, -0.05) is 44.2 Å². The van der Waals surface area contributed by atoms with Crippen LogP contribution in [0.5, 0.6) is 0 Å². The number of rotatable bonds is 8. The number of sulfonamides is 1. The summed E-state index contributed by atoms with van der Waals surface area (Å²) in [7, 11) is -3.55. The van der Waals surface area contributed by atoms with Crippen LogP contribution in [0.25, 0.3) is 0 Å². The lowest BCUT2D eigenvalue weighted by Crippen LogP contribution is -2.42. The standard InChI is InChI=1S/C24H31N3O4S/c1-18-14-19(2)17-27(16-18)32(30,31)22-10-8-21(9-11-22)26-23(28)12-13-25-24(29)15-20-6-4-3-5-7-20/h3-11,18-19H,12-17H2,1-2H3,(H,25,29)(H,26,28). The van der Waals surface area contributed by atoms with Gasteiger partial charge in [0.15, 0.2) is 0 Å². The molecule has 0 radical (unpaired) electrons. The molecule has 0 spiro atoms. The van der Waals surface area contributed by atoms with E-state index in [2.05, 4.69) is 24.5 Å². The van der Waals surface area contributed by atoms with E-state index in [-0.39, 0.29) is 36.1 Å². The van der Waals surface area contributed by atoms with E-state index in [0.717, 1.165) is 12.0 Å². The van der Waals surface area contributed by atoms with Gasteiger partial charge in [-0.15, -0.1) is 0 Å². The van der Waals surface area contributed by atoms with Crippen molar-refractivity contribution in [2.24, 2.45) is 11.8 Å². The van der Waals surface area contributed by atoms with Crippen molar-refractivity contribution >= 4 is 27.5 Å². The van der Waals surface area contributed by atoms with Gasteiger partial charge in [-0.25, -0.2) is 8.42 Å². The van der Waals surface area contributed by atoms with Crippen LogP contribution >= 0.6 is 0 Å². The zero-order chi connectivity index (χ0) is 23.1. The van der Waals surface area contributed by atoms with Crippen molar-refractivity contribution in [1.29, 1.82) is 0 Å². The van der Waals surface area contributed by atoms with Gasteiger partial charge in [-0.2, -0.15) is 4.31 Å². The highest BCUT2D eigenvalue weighted by molar-refractivity contribution is 7.89. The van der Waals surface area contributed by atoms with E-state index >= 15 is 0 Å². The zero-order valence-corrected chi connectivity index (χ0v) is 19.4. The average Bonchev–Trinajstić information content (AvgIpc) is 2.74. The third kappa shape index (κ3) is 6.64. The molecular formula is C24H31N3O4S. The van der Waals surface area contributed by atoms with Crippen LogP contribution in [0.2, 0.25) is 0 Å². The number of benzene rings is 2. The Kier molecular flexibility index (Phi) is 8.04. The van der Waals surface area contributed by atoms with Crippen molar-refractivity contribution in [2.75, 3.05) is 25.0 Å². The molecule has 1 aliphatic rings. The summed E-state index contributed by atoms with van der Waals surface area (Å²) in [4.78, 5) is 24.3. The second kappa shape index (κ2) is 10.7. The molecule has 1 fully saturated rings. The van der Waals surface area contributed by atoms with E-state index in [0.29, 0.717) is 30.6 Å². The minimum atomic E-state index is -3.55. The molecule has 2 amide bonds. The van der Waals surface area contributed by atoms with Gasteiger partial charge in [0.1, 0.15) is 0 Å². The maximum absolute atomic E-state index is 12.9. The summed E-state index contributed by atoms with van der Waals surface area (Å²) in [6, 6.07) is 15.6. The Balaban J connectivity index is 1.47. The highest BCUT2D eigenvalue weighted by atomic mass is 32.2. The quantitative estimate of drug-likeness (QED) is 0.637.